The van der Waals surface area contributed by atoms with Crippen molar-refractivity contribution >= 4 is 17.3 Å². The Labute approximate surface area is 158 Å². The van der Waals surface area contributed by atoms with Crippen LogP contribution in [0.15, 0.2) is 42.5 Å². The number of carbonyl (C=O) groups excluding carboxylic acids is 1. The smallest absolute Gasteiger partial charge is 0.269 e. The molecule has 142 valence electrons. The predicted octanol–water partition coefficient (Wildman–Crippen LogP) is 3.98. The zero-order valence-corrected chi connectivity index (χ0v) is 15.3. The molecule has 1 N–H and O–H groups in total. The van der Waals surface area contributed by atoms with Gasteiger partial charge in [0.25, 0.3) is 5.91 Å². The second-order valence-corrected chi connectivity index (χ2v) is 7.01. The summed E-state index contributed by atoms with van der Waals surface area (Å²) in [7, 11) is 0. The number of para-hydroxylation sites is 2. The Morgan fingerprint density at radius 2 is 1.78 bits per heavy atom. The van der Waals surface area contributed by atoms with Crippen molar-refractivity contribution in [3.05, 3.63) is 48.3 Å². The van der Waals surface area contributed by atoms with Gasteiger partial charge in [-0.25, -0.2) is 4.39 Å². The number of anilines is 2. The van der Waals surface area contributed by atoms with Crippen molar-refractivity contribution in [2.75, 3.05) is 23.3 Å². The Kier molecular flexibility index (Phi) is 4.88. The summed E-state index contributed by atoms with van der Waals surface area (Å²) in [4.78, 5) is 15.1. The van der Waals surface area contributed by atoms with Crippen LogP contribution in [0.5, 0.6) is 11.5 Å². The Morgan fingerprint density at radius 1 is 1.07 bits per heavy atom. The molecule has 2 aliphatic heterocycles. The van der Waals surface area contributed by atoms with Crippen LogP contribution < -0.4 is 19.7 Å². The van der Waals surface area contributed by atoms with Crippen LogP contribution in [-0.4, -0.2) is 31.2 Å². The minimum Gasteiger partial charge on any atom is -0.482 e. The molecule has 1 amide bonds. The summed E-state index contributed by atoms with van der Waals surface area (Å²) >= 11 is 0. The van der Waals surface area contributed by atoms with Gasteiger partial charge in [-0.2, -0.15) is 0 Å². The maximum atomic E-state index is 13.9. The van der Waals surface area contributed by atoms with Crippen molar-refractivity contribution in [3.63, 3.8) is 0 Å². The first kappa shape index (κ1) is 17.6. The number of benzene rings is 2. The van der Waals surface area contributed by atoms with Crippen LogP contribution in [0.3, 0.4) is 0 Å². The lowest BCUT2D eigenvalue weighted by Crippen LogP contribution is -2.46. The average molecular weight is 370 g/mol. The van der Waals surface area contributed by atoms with Gasteiger partial charge in [0.1, 0.15) is 11.9 Å². The quantitative estimate of drug-likeness (QED) is 0.888. The number of fused-ring (bicyclic) bond motifs is 1. The van der Waals surface area contributed by atoms with E-state index in [2.05, 4.69) is 10.2 Å². The Morgan fingerprint density at radius 3 is 2.52 bits per heavy atom. The highest BCUT2D eigenvalue weighted by Crippen LogP contribution is 2.34. The molecule has 2 aliphatic rings. The van der Waals surface area contributed by atoms with Gasteiger partial charge in [-0.3, -0.25) is 4.79 Å². The number of nitrogens with one attached hydrogen (secondary N) is 1. The molecule has 2 atom stereocenters. The fourth-order valence-electron chi connectivity index (χ4n) is 3.63. The SMILES string of the molecule is CC1Oc2ccccc2OC1C(=O)Nc1cc(F)ccc1N1CCCCC1. The summed E-state index contributed by atoms with van der Waals surface area (Å²) in [6, 6.07) is 11.8. The van der Waals surface area contributed by atoms with E-state index in [0.29, 0.717) is 17.2 Å². The van der Waals surface area contributed by atoms with Gasteiger partial charge in [0, 0.05) is 13.1 Å². The van der Waals surface area contributed by atoms with Gasteiger partial charge in [-0.05, 0) is 56.5 Å². The number of nitrogens with zero attached hydrogens (tertiary/aromatic N) is 1. The van der Waals surface area contributed by atoms with E-state index in [1.807, 2.05) is 12.1 Å². The highest BCUT2D eigenvalue weighted by Gasteiger charge is 2.34. The minimum atomic E-state index is -0.808. The van der Waals surface area contributed by atoms with E-state index in [1.54, 1.807) is 25.1 Å². The van der Waals surface area contributed by atoms with Crippen molar-refractivity contribution in [3.8, 4) is 11.5 Å². The molecular formula is C21H23FN2O3. The van der Waals surface area contributed by atoms with E-state index in [-0.39, 0.29) is 11.7 Å². The molecule has 1 fully saturated rings. The molecule has 0 bridgehead atoms. The summed E-state index contributed by atoms with van der Waals surface area (Å²) in [5.41, 5.74) is 1.31. The lowest BCUT2D eigenvalue weighted by Gasteiger charge is -2.33. The van der Waals surface area contributed by atoms with Crippen molar-refractivity contribution in [2.45, 2.75) is 38.4 Å². The molecule has 2 aromatic rings. The third-order valence-corrected chi connectivity index (χ3v) is 5.01. The molecule has 2 unspecified atom stereocenters. The van der Waals surface area contributed by atoms with E-state index in [0.717, 1.165) is 31.6 Å². The number of halogens is 1. The average Bonchev–Trinajstić information content (AvgIpc) is 2.68. The number of carbonyl (C=O) groups is 1. The van der Waals surface area contributed by atoms with Crippen LogP contribution in [0.25, 0.3) is 0 Å². The first-order valence-electron chi connectivity index (χ1n) is 9.39. The van der Waals surface area contributed by atoms with Crippen LogP contribution in [-0.2, 0) is 4.79 Å². The molecule has 27 heavy (non-hydrogen) atoms. The highest BCUT2D eigenvalue weighted by atomic mass is 19.1. The van der Waals surface area contributed by atoms with Gasteiger partial charge in [-0.15, -0.1) is 0 Å². The van der Waals surface area contributed by atoms with E-state index in [9.17, 15) is 9.18 Å². The summed E-state index contributed by atoms with van der Waals surface area (Å²) in [5.74, 6) is 0.422. The van der Waals surface area contributed by atoms with E-state index in [4.69, 9.17) is 9.47 Å². The molecule has 0 aromatic heterocycles. The molecule has 2 heterocycles. The third-order valence-electron chi connectivity index (χ3n) is 5.01. The fourth-order valence-corrected chi connectivity index (χ4v) is 3.63. The summed E-state index contributed by atoms with van der Waals surface area (Å²) in [5, 5.41) is 2.85. The van der Waals surface area contributed by atoms with Crippen LogP contribution >= 0.6 is 0 Å². The molecule has 0 saturated carbocycles. The number of ether oxygens (including phenoxy) is 2. The van der Waals surface area contributed by atoms with Crippen LogP contribution in [0.4, 0.5) is 15.8 Å². The van der Waals surface area contributed by atoms with Gasteiger partial charge in [-0.1, -0.05) is 12.1 Å². The Hall–Kier alpha value is -2.76. The van der Waals surface area contributed by atoms with Crippen LogP contribution in [0, 0.1) is 5.82 Å². The number of rotatable bonds is 3. The van der Waals surface area contributed by atoms with Gasteiger partial charge in [0.15, 0.2) is 11.5 Å². The van der Waals surface area contributed by atoms with Gasteiger partial charge in [0.05, 0.1) is 11.4 Å². The molecule has 0 aliphatic carbocycles. The van der Waals surface area contributed by atoms with Crippen molar-refractivity contribution in [1.82, 2.24) is 0 Å². The zero-order valence-electron chi connectivity index (χ0n) is 15.3. The third kappa shape index (κ3) is 3.70. The van der Waals surface area contributed by atoms with Gasteiger partial charge >= 0.3 is 0 Å². The summed E-state index contributed by atoms with van der Waals surface area (Å²) in [6.07, 6.45) is 2.13. The number of amides is 1. The molecule has 6 heteroatoms. The number of piperidine rings is 1. The molecule has 5 nitrogen and oxygen atoms in total. The summed E-state index contributed by atoms with van der Waals surface area (Å²) in [6.45, 7) is 3.60. The van der Waals surface area contributed by atoms with E-state index in [1.165, 1.54) is 18.6 Å². The predicted molar refractivity (Wildman–Crippen MR) is 102 cm³/mol. The lowest BCUT2D eigenvalue weighted by atomic mass is 10.1. The number of hydrogen-bond acceptors (Lipinski definition) is 4. The van der Waals surface area contributed by atoms with Crippen LogP contribution in [0.2, 0.25) is 0 Å². The first-order chi connectivity index (χ1) is 13.1. The van der Waals surface area contributed by atoms with Crippen LogP contribution in [0.1, 0.15) is 26.2 Å². The standard InChI is InChI=1S/C21H23FN2O3/c1-14-20(27-19-8-4-3-7-18(19)26-14)21(25)23-16-13-15(22)9-10-17(16)24-11-5-2-6-12-24/h3-4,7-10,13-14,20H,2,5-6,11-12H2,1H3,(H,23,25). The number of hydrogen-bond donors (Lipinski definition) is 1. The highest BCUT2D eigenvalue weighted by molar-refractivity contribution is 5.98. The summed E-state index contributed by atoms with van der Waals surface area (Å²) < 4.78 is 25.5. The van der Waals surface area contributed by atoms with Crippen molar-refractivity contribution < 1.29 is 18.7 Å². The second-order valence-electron chi connectivity index (χ2n) is 7.01. The minimum absolute atomic E-state index is 0.346. The zero-order chi connectivity index (χ0) is 18.8. The Bertz CT molecular complexity index is 836. The largest absolute Gasteiger partial charge is 0.482 e. The Balaban J connectivity index is 1.55. The normalized spacial score (nSPS) is 21.6. The molecule has 2 aromatic carbocycles. The monoisotopic (exact) mass is 370 g/mol. The van der Waals surface area contributed by atoms with Crippen molar-refractivity contribution in [2.24, 2.45) is 0 Å². The van der Waals surface area contributed by atoms with Crippen molar-refractivity contribution in [1.29, 1.82) is 0 Å². The second kappa shape index (κ2) is 7.47. The fraction of sp³-hybridized carbons (Fsp3) is 0.381. The topological polar surface area (TPSA) is 50.8 Å². The molecular weight excluding hydrogens is 347 g/mol. The van der Waals surface area contributed by atoms with Gasteiger partial charge < -0.3 is 19.7 Å². The first-order valence-corrected chi connectivity index (χ1v) is 9.39. The molecule has 0 spiro atoms. The molecule has 1 saturated heterocycles. The molecule has 0 radical (unpaired) electrons. The van der Waals surface area contributed by atoms with Gasteiger partial charge in [0.2, 0.25) is 6.10 Å². The maximum absolute atomic E-state index is 13.9. The lowest BCUT2D eigenvalue weighted by molar-refractivity contribution is -0.128. The van der Waals surface area contributed by atoms with E-state index < -0.39 is 12.2 Å². The maximum Gasteiger partial charge on any atom is 0.269 e. The molecule has 4 rings (SSSR count). The van der Waals surface area contributed by atoms with E-state index >= 15 is 0 Å².